The summed E-state index contributed by atoms with van der Waals surface area (Å²) in [6, 6.07) is 2.17. The van der Waals surface area contributed by atoms with Crippen molar-refractivity contribution in [3.05, 3.63) is 29.8 Å². The second-order valence-electron chi connectivity index (χ2n) is 8.76. The zero-order valence-corrected chi connectivity index (χ0v) is 20.5. The molecule has 13 heteroatoms. The Bertz CT molecular complexity index is 1360. The SMILES string of the molecule is COc1cc(-c2[nH]nc(-c3nc(C)c(N4C[C@H](C)NC[C@@H]4C)s3)c2CC(F)(F)F)cn2ncnc12. The first-order valence-electron chi connectivity index (χ1n) is 11.1. The molecular weight excluding hydrogens is 481 g/mol. The number of hydrogen-bond acceptors (Lipinski definition) is 8. The van der Waals surface area contributed by atoms with Gasteiger partial charge >= 0.3 is 6.18 Å². The molecule has 4 aromatic rings. The topological polar surface area (TPSA) is 96.3 Å². The Kier molecular flexibility index (Phi) is 5.91. The van der Waals surface area contributed by atoms with Crippen LogP contribution in [-0.4, -0.2) is 68.2 Å². The third kappa shape index (κ3) is 4.45. The predicted molar refractivity (Wildman–Crippen MR) is 127 cm³/mol. The number of ether oxygens (including phenoxy) is 1. The Morgan fingerprint density at radius 2 is 2.09 bits per heavy atom. The first kappa shape index (κ1) is 23.5. The molecule has 0 saturated carbocycles. The number of H-pyrrole nitrogens is 1. The number of nitrogens with one attached hydrogen (secondary N) is 2. The summed E-state index contributed by atoms with van der Waals surface area (Å²) < 4.78 is 48.0. The summed E-state index contributed by atoms with van der Waals surface area (Å²) in [5, 5.41) is 16.1. The molecule has 35 heavy (non-hydrogen) atoms. The highest BCUT2D eigenvalue weighted by Gasteiger charge is 2.34. The summed E-state index contributed by atoms with van der Waals surface area (Å²) in [6.07, 6.45) is -2.63. The highest BCUT2D eigenvalue weighted by Crippen LogP contribution is 2.41. The van der Waals surface area contributed by atoms with Crippen molar-refractivity contribution in [3.8, 4) is 27.7 Å². The standard InChI is InChI=1S/C22H25F3N8OS/c1-11-8-32(12(2)7-26-11)21-13(3)29-20(35-21)18-15(6-22(23,24)25)17(30-31-18)14-5-16(34-4)19-27-10-28-33(19)9-14/h5,9-12,26H,6-8H2,1-4H3,(H,30,31)/t11-,12-/m0/s1. The number of pyridine rings is 1. The van der Waals surface area contributed by atoms with Gasteiger partial charge in [0.15, 0.2) is 11.4 Å². The molecule has 186 valence electrons. The Hall–Kier alpha value is -3.19. The molecule has 1 saturated heterocycles. The van der Waals surface area contributed by atoms with Crippen LogP contribution in [0, 0.1) is 6.92 Å². The maximum Gasteiger partial charge on any atom is 0.393 e. The molecular formula is C22H25F3N8OS. The molecule has 1 aliphatic rings. The fraction of sp³-hybridized carbons (Fsp3) is 0.455. The fourth-order valence-electron chi connectivity index (χ4n) is 4.40. The van der Waals surface area contributed by atoms with Crippen molar-refractivity contribution in [3.63, 3.8) is 0 Å². The van der Waals surface area contributed by atoms with Crippen LogP contribution < -0.4 is 15.0 Å². The summed E-state index contributed by atoms with van der Waals surface area (Å²) >= 11 is 1.37. The third-order valence-electron chi connectivity index (χ3n) is 6.09. The Labute approximate surface area is 203 Å². The van der Waals surface area contributed by atoms with E-state index in [1.807, 2.05) is 6.92 Å². The minimum atomic E-state index is -4.44. The number of nitrogens with zero attached hydrogens (tertiary/aromatic N) is 6. The molecule has 0 spiro atoms. The lowest BCUT2D eigenvalue weighted by molar-refractivity contribution is -0.127. The molecule has 0 radical (unpaired) electrons. The summed E-state index contributed by atoms with van der Waals surface area (Å²) in [7, 11) is 1.47. The van der Waals surface area contributed by atoms with E-state index in [1.54, 1.807) is 12.3 Å². The lowest BCUT2D eigenvalue weighted by Crippen LogP contribution is -2.54. The number of thiazole rings is 1. The van der Waals surface area contributed by atoms with E-state index >= 15 is 0 Å². The van der Waals surface area contributed by atoms with Gasteiger partial charge in [-0.25, -0.2) is 14.5 Å². The van der Waals surface area contributed by atoms with Gasteiger partial charge in [-0.05, 0) is 26.8 Å². The van der Waals surface area contributed by atoms with Gasteiger partial charge in [0.2, 0.25) is 0 Å². The van der Waals surface area contributed by atoms with E-state index in [-0.39, 0.29) is 23.0 Å². The quantitative estimate of drug-likeness (QED) is 0.425. The van der Waals surface area contributed by atoms with Crippen LogP contribution in [0.3, 0.4) is 0 Å². The van der Waals surface area contributed by atoms with E-state index in [1.165, 1.54) is 29.3 Å². The van der Waals surface area contributed by atoms with Gasteiger partial charge in [-0.3, -0.25) is 5.10 Å². The Balaban J connectivity index is 1.61. The molecule has 0 unspecified atom stereocenters. The number of halogens is 3. The van der Waals surface area contributed by atoms with Gasteiger partial charge in [0.05, 0.1) is 24.9 Å². The van der Waals surface area contributed by atoms with Gasteiger partial charge in [-0.15, -0.1) is 0 Å². The predicted octanol–water partition coefficient (Wildman–Crippen LogP) is 3.85. The molecule has 0 bridgehead atoms. The van der Waals surface area contributed by atoms with Gasteiger partial charge in [0.25, 0.3) is 0 Å². The lowest BCUT2D eigenvalue weighted by Gasteiger charge is -2.38. The van der Waals surface area contributed by atoms with Crippen molar-refractivity contribution in [1.29, 1.82) is 0 Å². The van der Waals surface area contributed by atoms with Crippen molar-refractivity contribution in [2.24, 2.45) is 0 Å². The molecule has 2 N–H and O–H groups in total. The third-order valence-corrected chi connectivity index (χ3v) is 7.30. The van der Waals surface area contributed by atoms with Gasteiger partial charge < -0.3 is 15.0 Å². The molecule has 5 rings (SSSR count). The molecule has 0 aliphatic carbocycles. The van der Waals surface area contributed by atoms with E-state index in [2.05, 4.69) is 49.3 Å². The molecule has 0 amide bonds. The van der Waals surface area contributed by atoms with Crippen LogP contribution in [0.4, 0.5) is 18.2 Å². The van der Waals surface area contributed by atoms with Crippen molar-refractivity contribution >= 4 is 22.0 Å². The minimum Gasteiger partial charge on any atom is -0.493 e. The van der Waals surface area contributed by atoms with Gasteiger partial charge in [0.1, 0.15) is 22.0 Å². The van der Waals surface area contributed by atoms with Gasteiger partial charge in [0, 0.05) is 42.5 Å². The number of fused-ring (bicyclic) bond motifs is 1. The second kappa shape index (κ2) is 8.79. The molecule has 5 heterocycles. The average Bonchev–Trinajstić information content (AvgIpc) is 3.52. The maximum atomic E-state index is 13.7. The monoisotopic (exact) mass is 506 g/mol. The number of piperazine rings is 1. The van der Waals surface area contributed by atoms with Crippen LogP contribution in [0.25, 0.3) is 27.6 Å². The molecule has 2 atom stereocenters. The van der Waals surface area contributed by atoms with E-state index in [0.29, 0.717) is 28.0 Å². The summed E-state index contributed by atoms with van der Waals surface area (Å²) in [6.45, 7) is 7.73. The first-order valence-corrected chi connectivity index (χ1v) is 12.0. The smallest absolute Gasteiger partial charge is 0.393 e. The van der Waals surface area contributed by atoms with Gasteiger partial charge in [-0.1, -0.05) is 11.3 Å². The van der Waals surface area contributed by atoms with E-state index in [4.69, 9.17) is 4.74 Å². The van der Waals surface area contributed by atoms with Crippen molar-refractivity contribution < 1.29 is 17.9 Å². The lowest BCUT2D eigenvalue weighted by atomic mass is 10.0. The zero-order valence-electron chi connectivity index (χ0n) is 19.6. The highest BCUT2D eigenvalue weighted by atomic mass is 32.1. The van der Waals surface area contributed by atoms with Crippen molar-refractivity contribution in [1.82, 2.24) is 35.1 Å². The minimum absolute atomic E-state index is 0.0287. The number of rotatable bonds is 5. The number of aromatic amines is 1. The highest BCUT2D eigenvalue weighted by molar-refractivity contribution is 7.19. The maximum absolute atomic E-state index is 13.7. The number of hydrogen-bond donors (Lipinski definition) is 2. The van der Waals surface area contributed by atoms with Crippen LogP contribution in [0.15, 0.2) is 18.6 Å². The van der Waals surface area contributed by atoms with Crippen LogP contribution >= 0.6 is 11.3 Å². The number of anilines is 1. The summed E-state index contributed by atoms with van der Waals surface area (Å²) in [5.74, 6) is 0.392. The number of aromatic nitrogens is 6. The van der Waals surface area contributed by atoms with Crippen LogP contribution in [0.5, 0.6) is 5.75 Å². The summed E-state index contributed by atoms with van der Waals surface area (Å²) in [5.41, 5.74) is 2.17. The average molecular weight is 507 g/mol. The zero-order chi connectivity index (χ0) is 24.9. The van der Waals surface area contributed by atoms with Gasteiger partial charge in [-0.2, -0.15) is 23.4 Å². The number of methoxy groups -OCH3 is 1. The van der Waals surface area contributed by atoms with Crippen LogP contribution in [0.1, 0.15) is 25.1 Å². The Morgan fingerprint density at radius 3 is 2.83 bits per heavy atom. The van der Waals surface area contributed by atoms with E-state index in [0.717, 1.165) is 23.8 Å². The number of alkyl halides is 3. The van der Waals surface area contributed by atoms with E-state index < -0.39 is 12.6 Å². The molecule has 9 nitrogen and oxygen atoms in total. The largest absolute Gasteiger partial charge is 0.493 e. The summed E-state index contributed by atoms with van der Waals surface area (Å²) in [4.78, 5) is 11.0. The molecule has 0 aromatic carbocycles. The Morgan fingerprint density at radius 1 is 1.29 bits per heavy atom. The van der Waals surface area contributed by atoms with Crippen LogP contribution in [-0.2, 0) is 6.42 Å². The number of aryl methyl sites for hydroxylation is 1. The van der Waals surface area contributed by atoms with Crippen molar-refractivity contribution in [2.75, 3.05) is 25.1 Å². The molecule has 1 fully saturated rings. The normalized spacial score (nSPS) is 19.0. The van der Waals surface area contributed by atoms with Crippen LogP contribution in [0.2, 0.25) is 0 Å². The fourth-order valence-corrected chi connectivity index (χ4v) is 5.59. The van der Waals surface area contributed by atoms with E-state index in [9.17, 15) is 13.2 Å². The molecule has 1 aliphatic heterocycles. The van der Waals surface area contributed by atoms with Crippen molar-refractivity contribution in [2.45, 2.75) is 45.5 Å². The molecule has 4 aromatic heterocycles. The first-order chi connectivity index (χ1) is 16.6. The second-order valence-corrected chi connectivity index (χ2v) is 9.74.